The standard InChI is InChI=1S/C24H32N2O2/c1-18-11-13-26(14-12-18)22(23-8-5-15-28-23)17-25-24(27)16-21(20-9-10-20)19-6-3-2-4-7-19/h2-8,15,18,20-22H,9-14,16-17H2,1H3,(H,25,27). The molecule has 1 saturated heterocycles. The van der Waals surface area contributed by atoms with Crippen LogP contribution in [0.5, 0.6) is 0 Å². The maximum Gasteiger partial charge on any atom is 0.220 e. The van der Waals surface area contributed by atoms with Crippen molar-refractivity contribution in [3.63, 3.8) is 0 Å². The van der Waals surface area contributed by atoms with Crippen LogP contribution in [0.2, 0.25) is 0 Å². The smallest absolute Gasteiger partial charge is 0.220 e. The number of benzene rings is 1. The lowest BCUT2D eigenvalue weighted by Crippen LogP contribution is -2.42. The molecule has 1 aliphatic heterocycles. The Morgan fingerprint density at radius 1 is 1.11 bits per heavy atom. The first-order valence-corrected chi connectivity index (χ1v) is 10.8. The predicted octanol–water partition coefficient (Wildman–Crippen LogP) is 4.75. The van der Waals surface area contributed by atoms with Gasteiger partial charge in [0.25, 0.3) is 0 Å². The Morgan fingerprint density at radius 2 is 1.86 bits per heavy atom. The van der Waals surface area contributed by atoms with Gasteiger partial charge >= 0.3 is 0 Å². The van der Waals surface area contributed by atoms with Crippen molar-refractivity contribution in [1.82, 2.24) is 10.2 Å². The van der Waals surface area contributed by atoms with E-state index in [2.05, 4.69) is 41.4 Å². The number of carbonyl (C=O) groups excluding carboxylic acids is 1. The Balaban J connectivity index is 1.37. The molecule has 2 aliphatic rings. The molecule has 2 fully saturated rings. The zero-order chi connectivity index (χ0) is 19.3. The average molecular weight is 381 g/mol. The second-order valence-electron chi connectivity index (χ2n) is 8.61. The molecular formula is C24H32N2O2. The minimum absolute atomic E-state index is 0.127. The van der Waals surface area contributed by atoms with Gasteiger partial charge in [0.05, 0.1) is 12.3 Å². The van der Waals surface area contributed by atoms with Crippen LogP contribution in [0.25, 0.3) is 0 Å². The van der Waals surface area contributed by atoms with Crippen LogP contribution in [0.1, 0.15) is 62.3 Å². The van der Waals surface area contributed by atoms with E-state index in [1.54, 1.807) is 6.26 Å². The van der Waals surface area contributed by atoms with Gasteiger partial charge in [0.15, 0.2) is 0 Å². The zero-order valence-corrected chi connectivity index (χ0v) is 16.8. The number of nitrogens with zero attached hydrogens (tertiary/aromatic N) is 1. The molecule has 4 nitrogen and oxygen atoms in total. The highest BCUT2D eigenvalue weighted by Crippen LogP contribution is 2.44. The maximum absolute atomic E-state index is 12.8. The molecule has 1 aromatic carbocycles. The Kier molecular flexibility index (Phi) is 6.16. The zero-order valence-electron chi connectivity index (χ0n) is 16.8. The topological polar surface area (TPSA) is 45.5 Å². The lowest BCUT2D eigenvalue weighted by atomic mass is 9.90. The summed E-state index contributed by atoms with van der Waals surface area (Å²) in [7, 11) is 0. The van der Waals surface area contributed by atoms with Crippen molar-refractivity contribution in [1.29, 1.82) is 0 Å². The van der Waals surface area contributed by atoms with Gasteiger partial charge in [-0.05, 0) is 74.2 Å². The summed E-state index contributed by atoms with van der Waals surface area (Å²) in [5.41, 5.74) is 1.30. The number of nitrogens with one attached hydrogen (secondary N) is 1. The molecule has 2 atom stereocenters. The van der Waals surface area contributed by atoms with E-state index >= 15 is 0 Å². The molecule has 2 heterocycles. The van der Waals surface area contributed by atoms with Crippen LogP contribution in [0.15, 0.2) is 53.1 Å². The number of likely N-dealkylation sites (tertiary alicyclic amines) is 1. The third kappa shape index (κ3) is 4.85. The molecule has 4 heteroatoms. The van der Waals surface area contributed by atoms with Crippen molar-refractivity contribution in [3.05, 3.63) is 60.1 Å². The van der Waals surface area contributed by atoms with Crippen LogP contribution in [-0.4, -0.2) is 30.4 Å². The minimum Gasteiger partial charge on any atom is -0.468 e. The number of hydrogen-bond acceptors (Lipinski definition) is 3. The van der Waals surface area contributed by atoms with Crippen LogP contribution in [0.4, 0.5) is 0 Å². The predicted molar refractivity (Wildman–Crippen MR) is 111 cm³/mol. The van der Waals surface area contributed by atoms with E-state index in [0.29, 0.717) is 24.8 Å². The van der Waals surface area contributed by atoms with Gasteiger partial charge in [-0.2, -0.15) is 0 Å². The highest BCUT2D eigenvalue weighted by Gasteiger charge is 2.34. The Hall–Kier alpha value is -2.07. The van der Waals surface area contributed by atoms with E-state index in [9.17, 15) is 4.79 Å². The van der Waals surface area contributed by atoms with Gasteiger partial charge in [-0.1, -0.05) is 37.3 Å². The van der Waals surface area contributed by atoms with Crippen LogP contribution in [0.3, 0.4) is 0 Å². The lowest BCUT2D eigenvalue weighted by molar-refractivity contribution is -0.121. The summed E-state index contributed by atoms with van der Waals surface area (Å²) in [6, 6.07) is 14.6. The normalized spacial score (nSPS) is 20.6. The first kappa shape index (κ1) is 19.3. The summed E-state index contributed by atoms with van der Waals surface area (Å²) < 4.78 is 5.71. The van der Waals surface area contributed by atoms with E-state index in [1.165, 1.54) is 31.2 Å². The number of carbonyl (C=O) groups is 1. The van der Waals surface area contributed by atoms with Gasteiger partial charge in [0.1, 0.15) is 5.76 Å². The molecule has 0 radical (unpaired) electrons. The SMILES string of the molecule is CC1CCN(C(CNC(=O)CC(c2ccccc2)C2CC2)c2ccco2)CC1. The second-order valence-corrected chi connectivity index (χ2v) is 8.61. The molecule has 1 amide bonds. The van der Waals surface area contributed by atoms with E-state index in [4.69, 9.17) is 4.42 Å². The lowest BCUT2D eigenvalue weighted by Gasteiger charge is -2.35. The first-order valence-electron chi connectivity index (χ1n) is 10.8. The van der Waals surface area contributed by atoms with Gasteiger partial charge in [-0.25, -0.2) is 0 Å². The van der Waals surface area contributed by atoms with Gasteiger partial charge in [0, 0.05) is 13.0 Å². The minimum atomic E-state index is 0.127. The van der Waals surface area contributed by atoms with Crippen molar-refractivity contribution >= 4 is 5.91 Å². The highest BCUT2D eigenvalue weighted by atomic mass is 16.3. The summed E-state index contributed by atoms with van der Waals surface area (Å²) in [6.45, 7) is 5.07. The molecule has 1 aliphatic carbocycles. The fraction of sp³-hybridized carbons (Fsp3) is 0.542. The number of piperidine rings is 1. The molecular weight excluding hydrogens is 348 g/mol. The van der Waals surface area contributed by atoms with E-state index in [1.807, 2.05) is 18.2 Å². The van der Waals surface area contributed by atoms with E-state index in [-0.39, 0.29) is 11.9 Å². The van der Waals surface area contributed by atoms with E-state index in [0.717, 1.165) is 24.8 Å². The Labute approximate surface area is 168 Å². The van der Waals surface area contributed by atoms with Gasteiger partial charge in [-0.3, -0.25) is 9.69 Å². The summed E-state index contributed by atoms with van der Waals surface area (Å²) >= 11 is 0. The van der Waals surface area contributed by atoms with Crippen molar-refractivity contribution in [2.75, 3.05) is 19.6 Å². The van der Waals surface area contributed by atoms with Crippen molar-refractivity contribution in [3.8, 4) is 0 Å². The quantitative estimate of drug-likeness (QED) is 0.719. The highest BCUT2D eigenvalue weighted by molar-refractivity contribution is 5.77. The molecule has 4 rings (SSSR count). The summed E-state index contributed by atoms with van der Waals surface area (Å²) in [4.78, 5) is 15.3. The monoisotopic (exact) mass is 380 g/mol. The summed E-state index contributed by atoms with van der Waals surface area (Å²) in [5, 5.41) is 3.22. The fourth-order valence-corrected chi connectivity index (χ4v) is 4.47. The number of rotatable bonds is 8. The molecule has 1 N–H and O–H groups in total. The summed E-state index contributed by atoms with van der Waals surface area (Å²) in [6.07, 6.45) is 7.22. The van der Waals surface area contributed by atoms with Crippen molar-refractivity contribution in [2.45, 2.75) is 51.0 Å². The number of furan rings is 1. The molecule has 1 aromatic heterocycles. The fourth-order valence-electron chi connectivity index (χ4n) is 4.47. The Morgan fingerprint density at radius 3 is 2.50 bits per heavy atom. The number of amides is 1. The molecule has 2 unspecified atom stereocenters. The number of hydrogen-bond donors (Lipinski definition) is 1. The van der Waals surface area contributed by atoms with Crippen LogP contribution >= 0.6 is 0 Å². The van der Waals surface area contributed by atoms with Gasteiger partial charge < -0.3 is 9.73 Å². The summed E-state index contributed by atoms with van der Waals surface area (Å²) in [5.74, 6) is 2.91. The molecule has 0 bridgehead atoms. The van der Waals surface area contributed by atoms with Crippen LogP contribution in [-0.2, 0) is 4.79 Å². The van der Waals surface area contributed by atoms with E-state index < -0.39 is 0 Å². The van der Waals surface area contributed by atoms with Crippen molar-refractivity contribution in [2.24, 2.45) is 11.8 Å². The first-order chi connectivity index (χ1) is 13.7. The average Bonchev–Trinajstić information content (AvgIpc) is 3.42. The molecule has 2 aromatic rings. The molecule has 0 spiro atoms. The van der Waals surface area contributed by atoms with Crippen LogP contribution < -0.4 is 5.32 Å². The third-order valence-electron chi connectivity index (χ3n) is 6.45. The third-order valence-corrected chi connectivity index (χ3v) is 6.45. The van der Waals surface area contributed by atoms with Gasteiger partial charge in [-0.15, -0.1) is 0 Å². The largest absolute Gasteiger partial charge is 0.468 e. The maximum atomic E-state index is 12.8. The van der Waals surface area contributed by atoms with Gasteiger partial charge in [0.2, 0.25) is 5.91 Å². The second kappa shape index (κ2) is 8.95. The molecule has 1 saturated carbocycles. The Bertz CT molecular complexity index is 731. The molecule has 28 heavy (non-hydrogen) atoms. The van der Waals surface area contributed by atoms with Crippen molar-refractivity contribution < 1.29 is 9.21 Å². The van der Waals surface area contributed by atoms with Crippen LogP contribution in [0, 0.1) is 11.8 Å². The molecule has 150 valence electrons.